The fraction of sp³-hybridized carbons (Fsp3) is 0.720. The maximum atomic E-state index is 11.5. The maximum Gasteiger partial charge on any atom is 0.335 e. The number of fused-ring (bicyclic) bond motifs is 3. The smallest absolute Gasteiger partial charge is 0.335 e. The standard InChI is InChI=1S/C25H36N4O7/c1-3-10-29-11-6-7-13(12-29)17-16-14-8-4-5-9-15(14)23(26-22(16)28(2)27-17)36-25-20(32)18(30)19(31)21(35-25)24(33)34/h13,18-21,25,30-32H,3-12H2,1-2H3,(H,33,34)/t13?,18-,19-,20+,21-,25-/m0/s1. The number of carboxylic acid groups (broad SMARTS) is 1. The Labute approximate surface area is 209 Å². The van der Waals surface area contributed by atoms with Crippen molar-refractivity contribution in [3.63, 3.8) is 0 Å². The van der Waals surface area contributed by atoms with Crippen molar-refractivity contribution in [2.45, 2.75) is 88.5 Å². The second-order valence-corrected chi connectivity index (χ2v) is 10.3. The molecule has 2 aromatic rings. The molecule has 0 spiro atoms. The van der Waals surface area contributed by atoms with E-state index in [4.69, 9.17) is 19.6 Å². The van der Waals surface area contributed by atoms with E-state index < -0.39 is 36.7 Å². The summed E-state index contributed by atoms with van der Waals surface area (Å²) < 4.78 is 13.1. The lowest BCUT2D eigenvalue weighted by Gasteiger charge is -2.38. The third kappa shape index (κ3) is 4.47. The van der Waals surface area contributed by atoms with Gasteiger partial charge in [0.2, 0.25) is 12.2 Å². The normalized spacial score (nSPS) is 31.4. The molecular formula is C25H36N4O7. The third-order valence-electron chi connectivity index (χ3n) is 7.75. The molecule has 0 aromatic carbocycles. The van der Waals surface area contributed by atoms with Crippen LogP contribution in [-0.4, -0.2) is 96.4 Å². The molecule has 1 aliphatic carbocycles. The zero-order valence-corrected chi connectivity index (χ0v) is 20.8. The van der Waals surface area contributed by atoms with Crippen LogP contribution in [0, 0.1) is 0 Å². The molecule has 2 aliphatic heterocycles. The maximum absolute atomic E-state index is 11.5. The summed E-state index contributed by atoms with van der Waals surface area (Å²) in [6.45, 7) is 5.38. The molecule has 0 amide bonds. The number of piperidine rings is 1. The topological polar surface area (TPSA) is 150 Å². The molecule has 4 N–H and O–H groups in total. The summed E-state index contributed by atoms with van der Waals surface area (Å²) in [7, 11) is 1.86. The Morgan fingerprint density at radius 2 is 1.86 bits per heavy atom. The Bertz CT molecular complexity index is 1120. The monoisotopic (exact) mass is 504 g/mol. The van der Waals surface area contributed by atoms with Crippen LogP contribution in [0.1, 0.15) is 61.8 Å². The van der Waals surface area contributed by atoms with Crippen molar-refractivity contribution in [3.05, 3.63) is 16.8 Å². The van der Waals surface area contributed by atoms with Gasteiger partial charge < -0.3 is 34.8 Å². The minimum atomic E-state index is -1.77. The Morgan fingerprint density at radius 1 is 1.11 bits per heavy atom. The third-order valence-corrected chi connectivity index (χ3v) is 7.75. The quantitative estimate of drug-likeness (QED) is 0.443. The number of rotatable bonds is 6. The van der Waals surface area contributed by atoms with Gasteiger partial charge in [-0.1, -0.05) is 6.92 Å². The van der Waals surface area contributed by atoms with Crippen molar-refractivity contribution in [2.75, 3.05) is 19.6 Å². The first-order valence-corrected chi connectivity index (χ1v) is 13.0. The van der Waals surface area contributed by atoms with Crippen molar-refractivity contribution in [1.82, 2.24) is 19.7 Å². The van der Waals surface area contributed by atoms with E-state index in [-0.39, 0.29) is 5.88 Å². The van der Waals surface area contributed by atoms with Crippen molar-refractivity contribution in [1.29, 1.82) is 0 Å². The number of carboxylic acids is 1. The fourth-order valence-electron chi connectivity index (χ4n) is 5.97. The molecule has 0 radical (unpaired) electrons. The first-order valence-electron chi connectivity index (χ1n) is 13.0. The highest BCUT2D eigenvalue weighted by Gasteiger charge is 2.48. The van der Waals surface area contributed by atoms with Gasteiger partial charge in [0.25, 0.3) is 0 Å². The summed E-state index contributed by atoms with van der Waals surface area (Å²) >= 11 is 0. The van der Waals surface area contributed by atoms with Gasteiger partial charge in [-0.25, -0.2) is 4.79 Å². The minimum Gasteiger partial charge on any atom is -0.479 e. The van der Waals surface area contributed by atoms with Crippen LogP contribution < -0.4 is 4.74 Å². The largest absolute Gasteiger partial charge is 0.479 e. The van der Waals surface area contributed by atoms with Crippen LogP contribution in [0.2, 0.25) is 0 Å². The number of nitrogens with zero attached hydrogens (tertiary/aromatic N) is 4. The van der Waals surface area contributed by atoms with Gasteiger partial charge in [-0.2, -0.15) is 10.1 Å². The molecule has 3 aliphatic rings. The summed E-state index contributed by atoms with van der Waals surface area (Å²) in [5, 5.41) is 46.1. The summed E-state index contributed by atoms with van der Waals surface area (Å²) in [6, 6.07) is 0. The fourth-order valence-corrected chi connectivity index (χ4v) is 5.97. The van der Waals surface area contributed by atoms with E-state index in [9.17, 15) is 25.2 Å². The van der Waals surface area contributed by atoms with Crippen LogP contribution in [0.3, 0.4) is 0 Å². The molecule has 0 bridgehead atoms. The van der Waals surface area contributed by atoms with E-state index in [0.717, 1.165) is 86.8 Å². The summed E-state index contributed by atoms with van der Waals surface area (Å²) in [5.41, 5.74) is 3.79. The number of carbonyl (C=O) groups is 1. The van der Waals surface area contributed by atoms with Crippen LogP contribution in [0.5, 0.6) is 5.88 Å². The van der Waals surface area contributed by atoms with Crippen LogP contribution in [-0.2, 0) is 29.4 Å². The van der Waals surface area contributed by atoms with Crippen LogP contribution in [0.15, 0.2) is 0 Å². The number of pyridine rings is 1. The van der Waals surface area contributed by atoms with Crippen LogP contribution in [0.25, 0.3) is 11.0 Å². The molecule has 11 heteroatoms. The summed E-state index contributed by atoms with van der Waals surface area (Å²) in [6.07, 6.45) is -1.47. The molecule has 1 unspecified atom stereocenters. The van der Waals surface area contributed by atoms with Crippen molar-refractivity contribution in [3.8, 4) is 5.88 Å². The number of aliphatic carboxylic acids is 1. The van der Waals surface area contributed by atoms with Gasteiger partial charge >= 0.3 is 5.97 Å². The molecule has 2 saturated heterocycles. The molecular weight excluding hydrogens is 468 g/mol. The molecule has 0 saturated carbocycles. The van der Waals surface area contributed by atoms with E-state index in [1.807, 2.05) is 7.05 Å². The average molecular weight is 505 g/mol. The first kappa shape index (κ1) is 25.3. The highest BCUT2D eigenvalue weighted by Crippen LogP contribution is 2.40. The Balaban J connectivity index is 1.52. The Morgan fingerprint density at radius 3 is 2.58 bits per heavy atom. The van der Waals surface area contributed by atoms with E-state index in [1.54, 1.807) is 4.68 Å². The molecule has 5 rings (SSSR count). The second kappa shape index (κ2) is 10.2. The predicted molar refractivity (Wildman–Crippen MR) is 129 cm³/mol. The number of aliphatic hydroxyl groups excluding tert-OH is 3. The summed E-state index contributed by atoms with van der Waals surface area (Å²) in [5.74, 6) is -0.877. The van der Waals surface area contributed by atoms with Gasteiger partial charge in [0.05, 0.1) is 5.69 Å². The number of ether oxygens (including phenoxy) is 2. The van der Waals surface area contributed by atoms with E-state index in [2.05, 4.69) is 11.8 Å². The number of aromatic nitrogens is 3. The highest BCUT2D eigenvalue weighted by molar-refractivity contribution is 5.85. The zero-order valence-electron chi connectivity index (χ0n) is 20.8. The first-order chi connectivity index (χ1) is 17.3. The number of aliphatic hydroxyl groups is 3. The predicted octanol–water partition coefficient (Wildman–Crippen LogP) is 0.708. The number of hydrogen-bond acceptors (Lipinski definition) is 9. The van der Waals surface area contributed by atoms with Gasteiger partial charge in [-0.15, -0.1) is 0 Å². The molecule has 6 atom stereocenters. The van der Waals surface area contributed by atoms with Crippen molar-refractivity contribution < 1.29 is 34.7 Å². The Hall–Kier alpha value is -2.31. The van der Waals surface area contributed by atoms with E-state index in [1.165, 1.54) is 0 Å². The summed E-state index contributed by atoms with van der Waals surface area (Å²) in [4.78, 5) is 18.8. The van der Waals surface area contributed by atoms with Gasteiger partial charge in [0, 0.05) is 30.5 Å². The van der Waals surface area contributed by atoms with Gasteiger partial charge in [0.1, 0.15) is 18.3 Å². The lowest BCUT2D eigenvalue weighted by atomic mass is 9.86. The zero-order chi connectivity index (χ0) is 25.6. The molecule has 2 aromatic heterocycles. The van der Waals surface area contributed by atoms with Crippen molar-refractivity contribution in [2.24, 2.45) is 7.05 Å². The highest BCUT2D eigenvalue weighted by atomic mass is 16.7. The van der Waals surface area contributed by atoms with Gasteiger partial charge in [0.15, 0.2) is 11.8 Å². The lowest BCUT2D eigenvalue weighted by Crippen LogP contribution is -2.61. The molecule has 36 heavy (non-hydrogen) atoms. The van der Waals surface area contributed by atoms with Gasteiger partial charge in [-0.05, 0) is 63.6 Å². The second-order valence-electron chi connectivity index (χ2n) is 10.3. The number of hydrogen-bond donors (Lipinski definition) is 4. The average Bonchev–Trinajstić information content (AvgIpc) is 3.21. The molecule has 11 nitrogen and oxygen atoms in total. The van der Waals surface area contributed by atoms with Gasteiger partial charge in [-0.3, -0.25) is 4.68 Å². The molecule has 198 valence electrons. The van der Waals surface area contributed by atoms with E-state index in [0.29, 0.717) is 11.6 Å². The Kier molecular flexibility index (Phi) is 7.19. The van der Waals surface area contributed by atoms with Crippen LogP contribution >= 0.6 is 0 Å². The van der Waals surface area contributed by atoms with E-state index >= 15 is 0 Å². The molecule has 4 heterocycles. The SMILES string of the molecule is CCCN1CCCC(c2nn(C)c3nc(O[C@@H]4O[C@H](C(=O)O)[C@@H](O)[C@H](O)[C@H]4O)c4c(c23)CCCC4)C1. The number of aryl methyl sites for hydroxylation is 2. The van der Waals surface area contributed by atoms with Crippen LogP contribution in [0.4, 0.5) is 0 Å². The van der Waals surface area contributed by atoms with Crippen molar-refractivity contribution >= 4 is 17.0 Å². The lowest BCUT2D eigenvalue weighted by molar-refractivity contribution is -0.271. The minimum absolute atomic E-state index is 0.250. The molecule has 2 fully saturated rings. The number of likely N-dealkylation sites (tertiary alicyclic amines) is 1.